The third-order valence-corrected chi connectivity index (χ3v) is 6.65. The van der Waals surface area contributed by atoms with Crippen LogP contribution in [-0.4, -0.2) is 34.0 Å². The Kier molecular flexibility index (Phi) is 4.41. The maximum atomic E-state index is 12.2. The number of hydrogen-bond donors (Lipinski definition) is 1. The van der Waals surface area contributed by atoms with Crippen molar-refractivity contribution < 1.29 is 18.3 Å². The average molecular weight is 314 g/mol. The van der Waals surface area contributed by atoms with Gasteiger partial charge in [0.1, 0.15) is 0 Å². The van der Waals surface area contributed by atoms with E-state index in [4.69, 9.17) is 5.11 Å². The molecule has 0 aliphatic heterocycles. The number of aliphatic carboxylic acids is 1. The number of nitrogens with zero attached hydrogens (tertiary/aromatic N) is 2. The van der Waals surface area contributed by atoms with E-state index in [2.05, 4.69) is 5.10 Å². The second kappa shape index (κ2) is 5.79. The molecule has 6 nitrogen and oxygen atoms in total. The molecule has 0 aromatic carbocycles. The molecule has 1 fully saturated rings. The summed E-state index contributed by atoms with van der Waals surface area (Å²) in [7, 11) is -3.80. The Labute approximate surface area is 125 Å². The lowest BCUT2D eigenvalue weighted by Gasteiger charge is -2.22. The maximum Gasteiger partial charge on any atom is 0.324 e. The van der Waals surface area contributed by atoms with Gasteiger partial charge in [0.2, 0.25) is 0 Å². The minimum atomic E-state index is -3.80. The van der Waals surface area contributed by atoms with E-state index in [0.717, 1.165) is 12.8 Å². The molecule has 0 unspecified atom stereocenters. The molecule has 118 valence electrons. The van der Waals surface area contributed by atoms with E-state index in [0.29, 0.717) is 11.7 Å². The van der Waals surface area contributed by atoms with Gasteiger partial charge in [-0.15, -0.1) is 0 Å². The lowest BCUT2D eigenvalue weighted by Crippen LogP contribution is -2.41. The molecule has 0 spiro atoms. The number of hydrogen-bond acceptors (Lipinski definition) is 4. The lowest BCUT2D eigenvalue weighted by atomic mass is 9.96. The molecule has 1 heterocycles. The van der Waals surface area contributed by atoms with Crippen molar-refractivity contribution in [3.05, 3.63) is 18.0 Å². The third-order valence-electron chi connectivity index (χ3n) is 4.24. The zero-order chi connectivity index (χ0) is 15.7. The summed E-state index contributed by atoms with van der Waals surface area (Å²) in [5, 5.41) is 13.4. The molecule has 1 aromatic heterocycles. The molecule has 0 saturated heterocycles. The van der Waals surface area contributed by atoms with Crippen LogP contribution in [0.1, 0.15) is 57.7 Å². The van der Waals surface area contributed by atoms with Crippen LogP contribution in [0.4, 0.5) is 0 Å². The summed E-state index contributed by atoms with van der Waals surface area (Å²) in [6.45, 7) is 2.42. The molecule has 0 amide bonds. The van der Waals surface area contributed by atoms with E-state index in [1.807, 2.05) is 4.68 Å². The number of carbonyl (C=O) groups is 1. The van der Waals surface area contributed by atoms with Crippen molar-refractivity contribution in [2.24, 2.45) is 0 Å². The van der Waals surface area contributed by atoms with Crippen LogP contribution >= 0.6 is 0 Å². The van der Waals surface area contributed by atoms with Crippen molar-refractivity contribution in [3.8, 4) is 0 Å². The first kappa shape index (κ1) is 16.0. The Morgan fingerprint density at radius 3 is 2.57 bits per heavy atom. The second-order valence-electron chi connectivity index (χ2n) is 6.15. The summed E-state index contributed by atoms with van der Waals surface area (Å²) < 4.78 is 24.5. The molecule has 1 saturated carbocycles. The fourth-order valence-corrected chi connectivity index (χ4v) is 3.68. The second-order valence-corrected chi connectivity index (χ2v) is 8.69. The summed E-state index contributed by atoms with van der Waals surface area (Å²) in [6.07, 6.45) is 7.51. The average Bonchev–Trinajstić information content (AvgIpc) is 2.87. The van der Waals surface area contributed by atoms with Crippen molar-refractivity contribution in [1.82, 2.24) is 9.78 Å². The van der Waals surface area contributed by atoms with Gasteiger partial charge in [-0.1, -0.05) is 19.3 Å². The minimum Gasteiger partial charge on any atom is -0.480 e. The number of carboxylic acids is 1. The van der Waals surface area contributed by atoms with Gasteiger partial charge >= 0.3 is 5.97 Å². The molecular weight excluding hydrogens is 292 g/mol. The quantitative estimate of drug-likeness (QED) is 0.899. The smallest absolute Gasteiger partial charge is 0.324 e. The number of aromatic nitrogens is 2. The molecule has 1 N–H and O–H groups in total. The highest BCUT2D eigenvalue weighted by Gasteiger charge is 2.42. The van der Waals surface area contributed by atoms with Crippen LogP contribution in [0.3, 0.4) is 0 Å². The first-order valence-electron chi connectivity index (χ1n) is 7.24. The van der Waals surface area contributed by atoms with Gasteiger partial charge in [-0.2, -0.15) is 5.10 Å². The largest absolute Gasteiger partial charge is 0.480 e. The van der Waals surface area contributed by atoms with Gasteiger partial charge < -0.3 is 5.11 Å². The molecule has 7 heteroatoms. The predicted molar refractivity (Wildman–Crippen MR) is 78.7 cm³/mol. The van der Waals surface area contributed by atoms with E-state index in [9.17, 15) is 13.2 Å². The number of rotatable bonds is 5. The van der Waals surface area contributed by atoms with Crippen LogP contribution in [0.15, 0.2) is 12.3 Å². The van der Waals surface area contributed by atoms with Crippen molar-refractivity contribution in [3.63, 3.8) is 0 Å². The van der Waals surface area contributed by atoms with Gasteiger partial charge in [0, 0.05) is 6.20 Å². The fraction of sp³-hybridized carbons (Fsp3) is 0.714. The molecule has 0 bridgehead atoms. The monoisotopic (exact) mass is 314 g/mol. The van der Waals surface area contributed by atoms with Gasteiger partial charge in [0.25, 0.3) is 0 Å². The van der Waals surface area contributed by atoms with E-state index in [1.54, 1.807) is 12.3 Å². The highest BCUT2D eigenvalue weighted by Crippen LogP contribution is 2.28. The molecule has 21 heavy (non-hydrogen) atoms. The molecule has 0 atom stereocenters. The van der Waals surface area contributed by atoms with Crippen molar-refractivity contribution in [2.75, 3.05) is 0 Å². The lowest BCUT2D eigenvalue weighted by molar-refractivity contribution is -0.139. The molecular formula is C14H22N2O4S. The SMILES string of the molecule is CC(C)(C(=O)O)S(=O)(=O)Cc1ccn(C2CCCCC2)n1. The van der Waals surface area contributed by atoms with E-state index >= 15 is 0 Å². The van der Waals surface area contributed by atoms with Crippen molar-refractivity contribution in [1.29, 1.82) is 0 Å². The van der Waals surface area contributed by atoms with Crippen LogP contribution < -0.4 is 0 Å². The number of sulfone groups is 1. The highest BCUT2D eigenvalue weighted by atomic mass is 32.2. The van der Waals surface area contributed by atoms with Crippen LogP contribution in [-0.2, 0) is 20.4 Å². The van der Waals surface area contributed by atoms with Gasteiger partial charge in [-0.25, -0.2) is 8.42 Å². The zero-order valence-electron chi connectivity index (χ0n) is 12.4. The summed E-state index contributed by atoms with van der Waals surface area (Å²) in [6, 6.07) is 2.01. The van der Waals surface area contributed by atoms with Crippen LogP contribution in [0.5, 0.6) is 0 Å². The molecule has 2 rings (SSSR count). The Morgan fingerprint density at radius 2 is 2.00 bits per heavy atom. The normalized spacial score (nSPS) is 17.8. The summed E-state index contributed by atoms with van der Waals surface area (Å²) in [5.41, 5.74) is 0.412. The van der Waals surface area contributed by atoms with Crippen LogP contribution in [0.2, 0.25) is 0 Å². The van der Waals surface area contributed by atoms with E-state index in [1.165, 1.54) is 33.1 Å². The van der Waals surface area contributed by atoms with Crippen LogP contribution in [0, 0.1) is 0 Å². The van der Waals surface area contributed by atoms with Crippen molar-refractivity contribution >= 4 is 15.8 Å². The first-order chi connectivity index (χ1) is 9.74. The minimum absolute atomic E-state index is 0.336. The Balaban J connectivity index is 2.13. The summed E-state index contributed by atoms with van der Waals surface area (Å²) in [4.78, 5) is 11.1. The molecule has 0 radical (unpaired) electrons. The Morgan fingerprint density at radius 1 is 1.38 bits per heavy atom. The predicted octanol–water partition coefficient (Wildman–Crippen LogP) is 2.17. The van der Waals surface area contributed by atoms with Gasteiger partial charge in [0.15, 0.2) is 14.6 Å². The highest BCUT2D eigenvalue weighted by molar-refractivity contribution is 7.92. The van der Waals surface area contributed by atoms with Gasteiger partial charge in [-0.3, -0.25) is 9.48 Å². The van der Waals surface area contributed by atoms with Crippen LogP contribution in [0.25, 0.3) is 0 Å². The fourth-order valence-electron chi connectivity index (χ4n) is 2.51. The summed E-state index contributed by atoms with van der Waals surface area (Å²) in [5.74, 6) is -1.68. The Bertz CT molecular complexity index is 613. The molecule has 1 aromatic rings. The maximum absolute atomic E-state index is 12.2. The Hall–Kier alpha value is -1.37. The standard InChI is InChI=1S/C14H22N2O4S/c1-14(2,13(17)18)21(19,20)10-11-8-9-16(15-11)12-6-4-3-5-7-12/h8-9,12H,3-7,10H2,1-2H3,(H,17,18). The molecule has 1 aliphatic carbocycles. The molecule has 1 aliphatic rings. The third kappa shape index (κ3) is 3.28. The van der Waals surface area contributed by atoms with E-state index < -0.39 is 20.6 Å². The van der Waals surface area contributed by atoms with Crippen molar-refractivity contribution in [2.45, 2.75) is 62.5 Å². The zero-order valence-corrected chi connectivity index (χ0v) is 13.3. The summed E-state index contributed by atoms with van der Waals surface area (Å²) >= 11 is 0. The van der Waals surface area contributed by atoms with Gasteiger partial charge in [-0.05, 0) is 32.8 Å². The van der Waals surface area contributed by atoms with Gasteiger partial charge in [0.05, 0.1) is 17.5 Å². The number of carboxylic acid groups (broad SMARTS) is 1. The first-order valence-corrected chi connectivity index (χ1v) is 8.89. The van der Waals surface area contributed by atoms with E-state index in [-0.39, 0.29) is 5.75 Å². The topological polar surface area (TPSA) is 89.3 Å².